The monoisotopic (exact) mass is 378 g/mol. The van der Waals surface area contributed by atoms with Gasteiger partial charge in [-0.3, -0.25) is 4.79 Å². The van der Waals surface area contributed by atoms with E-state index in [-0.39, 0.29) is 35.9 Å². The first-order chi connectivity index (χ1) is 11.6. The summed E-state index contributed by atoms with van der Waals surface area (Å²) in [6.45, 7) is 1.43. The van der Waals surface area contributed by atoms with E-state index in [4.69, 9.17) is 4.74 Å². The molecule has 0 saturated carbocycles. The fourth-order valence-corrected chi connectivity index (χ4v) is 2.97. The van der Waals surface area contributed by atoms with Gasteiger partial charge in [0.15, 0.2) is 11.5 Å². The zero-order valence-electron chi connectivity index (χ0n) is 14.5. The number of rotatable bonds is 7. The summed E-state index contributed by atoms with van der Waals surface area (Å²) >= 11 is 0. The van der Waals surface area contributed by atoms with E-state index in [1.165, 1.54) is 19.2 Å². The van der Waals surface area contributed by atoms with Crippen LogP contribution >= 0.6 is 12.4 Å². The van der Waals surface area contributed by atoms with Gasteiger partial charge in [-0.15, -0.1) is 12.4 Å². The molecule has 1 aliphatic heterocycles. The fraction of sp³-hybridized carbons (Fsp3) is 0.588. The molecule has 1 amide bonds. The molecule has 1 N–H and O–H groups in total. The van der Waals surface area contributed by atoms with Crippen LogP contribution in [0.4, 0.5) is 8.78 Å². The Morgan fingerprint density at radius 1 is 1.32 bits per heavy atom. The molecule has 1 aromatic rings. The SMILES string of the molecule is CCCN(C(=O)c1ccc(OC)c(OC(F)F)c1)C1CCNCC1.Cl. The number of hydrogen-bond donors (Lipinski definition) is 1. The molecule has 1 saturated heterocycles. The number of methoxy groups -OCH3 is 1. The van der Waals surface area contributed by atoms with E-state index in [0.29, 0.717) is 12.1 Å². The number of carbonyl (C=O) groups is 1. The lowest BCUT2D eigenvalue weighted by molar-refractivity contribution is -0.0512. The van der Waals surface area contributed by atoms with Gasteiger partial charge in [0.2, 0.25) is 0 Å². The van der Waals surface area contributed by atoms with Gasteiger partial charge in [0.25, 0.3) is 5.91 Å². The van der Waals surface area contributed by atoms with Gasteiger partial charge in [-0.25, -0.2) is 0 Å². The molecule has 0 spiro atoms. The van der Waals surface area contributed by atoms with Crippen molar-refractivity contribution in [3.05, 3.63) is 23.8 Å². The van der Waals surface area contributed by atoms with Crippen LogP contribution in [0.15, 0.2) is 18.2 Å². The van der Waals surface area contributed by atoms with Crippen LogP contribution < -0.4 is 14.8 Å². The minimum Gasteiger partial charge on any atom is -0.493 e. The lowest BCUT2D eigenvalue weighted by atomic mass is 10.0. The summed E-state index contributed by atoms with van der Waals surface area (Å²) in [6.07, 6.45) is 2.62. The number of alkyl halides is 2. The topological polar surface area (TPSA) is 50.8 Å². The summed E-state index contributed by atoms with van der Waals surface area (Å²) in [6, 6.07) is 4.57. The third-order valence-electron chi connectivity index (χ3n) is 4.10. The third kappa shape index (κ3) is 5.71. The number of nitrogens with zero attached hydrogens (tertiary/aromatic N) is 1. The molecule has 1 aliphatic rings. The van der Waals surface area contributed by atoms with Gasteiger partial charge in [-0.05, 0) is 50.6 Å². The molecule has 5 nitrogen and oxygen atoms in total. The van der Waals surface area contributed by atoms with Crippen LogP contribution in [-0.2, 0) is 0 Å². The number of ether oxygens (including phenoxy) is 2. The van der Waals surface area contributed by atoms with Crippen LogP contribution in [-0.4, -0.2) is 50.2 Å². The van der Waals surface area contributed by atoms with E-state index >= 15 is 0 Å². The Labute approximate surface area is 153 Å². The van der Waals surface area contributed by atoms with Crippen LogP contribution in [0.3, 0.4) is 0 Å². The highest BCUT2D eigenvalue weighted by Crippen LogP contribution is 2.30. The second-order valence-electron chi connectivity index (χ2n) is 5.72. The molecule has 0 bridgehead atoms. The molecule has 142 valence electrons. The first-order valence-electron chi connectivity index (χ1n) is 8.21. The maximum absolute atomic E-state index is 12.9. The Bertz CT molecular complexity index is 555. The van der Waals surface area contributed by atoms with Crippen LogP contribution in [0.1, 0.15) is 36.5 Å². The van der Waals surface area contributed by atoms with Crippen molar-refractivity contribution >= 4 is 18.3 Å². The Morgan fingerprint density at radius 2 is 2.00 bits per heavy atom. The summed E-state index contributed by atoms with van der Waals surface area (Å²) in [5.74, 6) is -0.110. The van der Waals surface area contributed by atoms with Gasteiger partial charge in [-0.1, -0.05) is 6.92 Å². The maximum atomic E-state index is 12.9. The van der Waals surface area contributed by atoms with Gasteiger partial charge in [0, 0.05) is 18.2 Å². The van der Waals surface area contributed by atoms with Crippen molar-refractivity contribution in [2.24, 2.45) is 0 Å². The van der Waals surface area contributed by atoms with Crippen LogP contribution in [0, 0.1) is 0 Å². The van der Waals surface area contributed by atoms with E-state index in [9.17, 15) is 13.6 Å². The number of halogens is 3. The molecule has 0 aliphatic carbocycles. The van der Waals surface area contributed by atoms with Gasteiger partial charge in [0.05, 0.1) is 7.11 Å². The highest BCUT2D eigenvalue weighted by molar-refractivity contribution is 5.95. The summed E-state index contributed by atoms with van der Waals surface area (Å²) in [5.41, 5.74) is 0.332. The average Bonchev–Trinajstić information content (AvgIpc) is 2.59. The summed E-state index contributed by atoms with van der Waals surface area (Å²) in [4.78, 5) is 14.7. The molecular formula is C17H25ClF2N2O3. The zero-order chi connectivity index (χ0) is 17.5. The Kier molecular flexibility index (Phi) is 8.92. The second kappa shape index (κ2) is 10.4. The normalized spacial score (nSPS) is 14.8. The molecule has 1 fully saturated rings. The number of benzene rings is 1. The minimum absolute atomic E-state index is 0. The Hall–Kier alpha value is -1.60. The summed E-state index contributed by atoms with van der Waals surface area (Å²) in [7, 11) is 1.37. The van der Waals surface area contributed by atoms with Crippen LogP contribution in [0.2, 0.25) is 0 Å². The molecule has 0 aromatic heterocycles. The lowest BCUT2D eigenvalue weighted by Gasteiger charge is -2.34. The molecule has 1 heterocycles. The number of piperidine rings is 1. The Morgan fingerprint density at radius 3 is 2.56 bits per heavy atom. The Balaban J connectivity index is 0.00000312. The van der Waals surface area contributed by atoms with Crippen molar-refractivity contribution in [3.8, 4) is 11.5 Å². The van der Waals surface area contributed by atoms with Gasteiger partial charge < -0.3 is 19.7 Å². The van der Waals surface area contributed by atoms with Crippen molar-refractivity contribution in [1.82, 2.24) is 10.2 Å². The quantitative estimate of drug-likeness (QED) is 0.790. The lowest BCUT2D eigenvalue weighted by Crippen LogP contribution is -2.46. The predicted octanol–water partition coefficient (Wildman–Crippen LogP) is 3.32. The molecular weight excluding hydrogens is 354 g/mol. The number of nitrogens with one attached hydrogen (secondary N) is 1. The van der Waals surface area contributed by atoms with E-state index in [1.807, 2.05) is 11.8 Å². The fourth-order valence-electron chi connectivity index (χ4n) is 2.97. The highest BCUT2D eigenvalue weighted by atomic mass is 35.5. The minimum atomic E-state index is -2.97. The maximum Gasteiger partial charge on any atom is 0.387 e. The van der Waals surface area contributed by atoms with E-state index in [2.05, 4.69) is 10.1 Å². The van der Waals surface area contributed by atoms with Crippen molar-refractivity contribution in [3.63, 3.8) is 0 Å². The molecule has 0 atom stereocenters. The predicted molar refractivity (Wildman–Crippen MR) is 94.1 cm³/mol. The summed E-state index contributed by atoms with van der Waals surface area (Å²) < 4.78 is 34.6. The van der Waals surface area contributed by atoms with E-state index in [0.717, 1.165) is 32.4 Å². The number of amides is 1. The first kappa shape index (κ1) is 21.4. The van der Waals surface area contributed by atoms with Crippen molar-refractivity contribution < 1.29 is 23.0 Å². The average molecular weight is 379 g/mol. The largest absolute Gasteiger partial charge is 0.493 e. The van der Waals surface area contributed by atoms with Crippen LogP contribution in [0.25, 0.3) is 0 Å². The van der Waals surface area contributed by atoms with Crippen molar-refractivity contribution in [1.29, 1.82) is 0 Å². The van der Waals surface area contributed by atoms with E-state index in [1.54, 1.807) is 6.07 Å². The molecule has 2 rings (SSSR count). The number of hydrogen-bond acceptors (Lipinski definition) is 4. The standard InChI is InChI=1S/C17H24F2N2O3.ClH/c1-3-10-21(13-6-8-20-9-7-13)16(22)12-4-5-14(23-2)15(11-12)24-17(18)19;/h4-5,11,13,17,20H,3,6-10H2,1-2H3;1H. The smallest absolute Gasteiger partial charge is 0.387 e. The summed E-state index contributed by atoms with van der Waals surface area (Å²) in [5, 5.41) is 3.28. The third-order valence-corrected chi connectivity index (χ3v) is 4.10. The molecule has 25 heavy (non-hydrogen) atoms. The first-order valence-corrected chi connectivity index (χ1v) is 8.21. The van der Waals surface area contributed by atoms with E-state index < -0.39 is 6.61 Å². The van der Waals surface area contributed by atoms with Gasteiger partial charge in [0.1, 0.15) is 0 Å². The van der Waals surface area contributed by atoms with Crippen molar-refractivity contribution in [2.75, 3.05) is 26.7 Å². The molecule has 0 radical (unpaired) electrons. The zero-order valence-corrected chi connectivity index (χ0v) is 15.3. The van der Waals surface area contributed by atoms with Gasteiger partial charge >= 0.3 is 6.61 Å². The van der Waals surface area contributed by atoms with Gasteiger partial charge in [-0.2, -0.15) is 8.78 Å². The van der Waals surface area contributed by atoms with Crippen LogP contribution in [0.5, 0.6) is 11.5 Å². The number of carbonyl (C=O) groups excluding carboxylic acids is 1. The van der Waals surface area contributed by atoms with Crippen molar-refractivity contribution in [2.45, 2.75) is 38.8 Å². The highest BCUT2D eigenvalue weighted by Gasteiger charge is 2.26. The second-order valence-corrected chi connectivity index (χ2v) is 5.72. The molecule has 0 unspecified atom stereocenters. The molecule has 8 heteroatoms. The molecule has 1 aromatic carbocycles.